The van der Waals surface area contributed by atoms with Gasteiger partial charge in [0, 0.05) is 25.7 Å². The number of nitrogens with one attached hydrogen (secondary N) is 1. The van der Waals surface area contributed by atoms with E-state index in [2.05, 4.69) is 5.32 Å². The van der Waals surface area contributed by atoms with Gasteiger partial charge < -0.3 is 15.3 Å². The van der Waals surface area contributed by atoms with Crippen LogP contribution in [-0.4, -0.2) is 48.2 Å². The van der Waals surface area contributed by atoms with Crippen molar-refractivity contribution >= 4 is 18.3 Å². The van der Waals surface area contributed by atoms with E-state index in [1.807, 2.05) is 4.90 Å². The van der Waals surface area contributed by atoms with Gasteiger partial charge in [0.1, 0.15) is 0 Å². The van der Waals surface area contributed by atoms with Crippen LogP contribution in [0.4, 0.5) is 0 Å². The van der Waals surface area contributed by atoms with Gasteiger partial charge in [0.15, 0.2) is 0 Å². The summed E-state index contributed by atoms with van der Waals surface area (Å²) in [5, 5.41) is 11.9. The predicted octanol–water partition coefficient (Wildman–Crippen LogP) is -0.389. The van der Waals surface area contributed by atoms with Gasteiger partial charge in [0.2, 0.25) is 5.91 Å². The Balaban J connectivity index is 0.000000980. The lowest BCUT2D eigenvalue weighted by Gasteiger charge is -2.44. The zero-order chi connectivity index (χ0) is 9.26. The Bertz CT molecular complexity index is 207. The lowest BCUT2D eigenvalue weighted by atomic mass is 9.79. The van der Waals surface area contributed by atoms with E-state index in [0.717, 1.165) is 25.9 Å². The van der Waals surface area contributed by atoms with E-state index in [1.165, 1.54) is 0 Å². The van der Waals surface area contributed by atoms with Crippen molar-refractivity contribution in [3.8, 4) is 0 Å². The van der Waals surface area contributed by atoms with Crippen LogP contribution in [0.2, 0.25) is 0 Å². The molecule has 14 heavy (non-hydrogen) atoms. The largest absolute Gasteiger partial charge is 0.396 e. The lowest BCUT2D eigenvalue weighted by Crippen LogP contribution is -2.56. The maximum absolute atomic E-state index is 11.4. The Morgan fingerprint density at radius 1 is 1.50 bits per heavy atom. The van der Waals surface area contributed by atoms with Crippen molar-refractivity contribution in [2.45, 2.75) is 18.9 Å². The van der Waals surface area contributed by atoms with Crippen LogP contribution in [0.3, 0.4) is 0 Å². The zero-order valence-corrected chi connectivity index (χ0v) is 8.92. The van der Waals surface area contributed by atoms with E-state index in [1.54, 1.807) is 0 Å². The topological polar surface area (TPSA) is 52.6 Å². The van der Waals surface area contributed by atoms with Gasteiger partial charge in [-0.15, -0.1) is 12.4 Å². The number of hydrogen-bond acceptors (Lipinski definition) is 3. The molecular weight excluding hydrogens is 204 g/mol. The molecule has 2 fully saturated rings. The van der Waals surface area contributed by atoms with Crippen LogP contribution >= 0.6 is 12.4 Å². The standard InChI is InChI=1S/C9H16N2O2.ClH/c12-6-7-3-8(4-7)11-2-1-10-5-9(11)13;/h7-8,10,12H,1-6H2;1H/t7-,8-;. The quantitative estimate of drug-likeness (QED) is 0.667. The summed E-state index contributed by atoms with van der Waals surface area (Å²) in [6.07, 6.45) is 1.98. The van der Waals surface area contributed by atoms with Crippen molar-refractivity contribution < 1.29 is 9.90 Å². The van der Waals surface area contributed by atoms with Gasteiger partial charge in [-0.2, -0.15) is 0 Å². The Kier molecular flexibility index (Phi) is 4.16. The summed E-state index contributed by atoms with van der Waals surface area (Å²) in [7, 11) is 0. The molecule has 0 spiro atoms. The van der Waals surface area contributed by atoms with E-state index in [-0.39, 0.29) is 24.9 Å². The van der Waals surface area contributed by atoms with Gasteiger partial charge in [-0.3, -0.25) is 4.79 Å². The number of aliphatic hydroxyl groups is 1. The third-order valence-electron chi connectivity index (χ3n) is 3.04. The van der Waals surface area contributed by atoms with Gasteiger partial charge in [0.25, 0.3) is 0 Å². The van der Waals surface area contributed by atoms with Gasteiger partial charge in [-0.05, 0) is 18.8 Å². The molecular formula is C9H17ClN2O2. The molecule has 1 amide bonds. The van der Waals surface area contributed by atoms with Crippen molar-refractivity contribution in [1.29, 1.82) is 0 Å². The molecule has 2 rings (SSSR count). The summed E-state index contributed by atoms with van der Waals surface area (Å²) in [5.74, 6) is 0.653. The number of aliphatic hydroxyl groups excluding tert-OH is 1. The van der Waals surface area contributed by atoms with Crippen LogP contribution in [-0.2, 0) is 4.79 Å². The second-order valence-electron chi connectivity index (χ2n) is 3.94. The first kappa shape index (κ1) is 11.8. The Morgan fingerprint density at radius 3 is 2.79 bits per heavy atom. The van der Waals surface area contributed by atoms with E-state index in [0.29, 0.717) is 18.5 Å². The summed E-state index contributed by atoms with van der Waals surface area (Å²) >= 11 is 0. The van der Waals surface area contributed by atoms with Gasteiger partial charge >= 0.3 is 0 Å². The molecule has 0 aromatic carbocycles. The number of carbonyl (C=O) groups excluding carboxylic acids is 1. The molecule has 0 radical (unpaired) electrons. The highest BCUT2D eigenvalue weighted by molar-refractivity contribution is 5.85. The van der Waals surface area contributed by atoms with Crippen molar-refractivity contribution in [2.24, 2.45) is 5.92 Å². The van der Waals surface area contributed by atoms with Crippen LogP contribution < -0.4 is 5.32 Å². The molecule has 1 saturated heterocycles. The van der Waals surface area contributed by atoms with Crippen molar-refractivity contribution in [3.63, 3.8) is 0 Å². The zero-order valence-electron chi connectivity index (χ0n) is 8.11. The number of hydrogen-bond donors (Lipinski definition) is 2. The van der Waals surface area contributed by atoms with E-state index < -0.39 is 0 Å². The van der Waals surface area contributed by atoms with Crippen LogP contribution in [0.5, 0.6) is 0 Å². The molecule has 82 valence electrons. The second kappa shape index (κ2) is 4.96. The fourth-order valence-corrected chi connectivity index (χ4v) is 2.11. The summed E-state index contributed by atoms with van der Waals surface area (Å²) in [5.41, 5.74) is 0. The van der Waals surface area contributed by atoms with E-state index >= 15 is 0 Å². The van der Waals surface area contributed by atoms with Crippen LogP contribution in [0.15, 0.2) is 0 Å². The minimum atomic E-state index is 0. The molecule has 1 saturated carbocycles. The first-order chi connectivity index (χ1) is 6.31. The number of carbonyl (C=O) groups is 1. The molecule has 1 aliphatic carbocycles. The number of halogens is 1. The van der Waals surface area contributed by atoms with Gasteiger partial charge in [-0.25, -0.2) is 0 Å². The molecule has 2 aliphatic rings. The molecule has 2 N–H and O–H groups in total. The molecule has 0 aromatic heterocycles. The van der Waals surface area contributed by atoms with Crippen LogP contribution in [0.1, 0.15) is 12.8 Å². The molecule has 0 atom stereocenters. The van der Waals surface area contributed by atoms with Crippen LogP contribution in [0.25, 0.3) is 0 Å². The monoisotopic (exact) mass is 220 g/mol. The van der Waals surface area contributed by atoms with E-state index in [4.69, 9.17) is 5.11 Å². The SMILES string of the molecule is Cl.O=C1CNCCN1[C@H]1C[C@H](CO)C1. The molecule has 5 heteroatoms. The average Bonchev–Trinajstić information content (AvgIpc) is 2.06. The molecule has 0 bridgehead atoms. The lowest BCUT2D eigenvalue weighted by molar-refractivity contribution is -0.137. The first-order valence-electron chi connectivity index (χ1n) is 4.92. The highest BCUT2D eigenvalue weighted by Gasteiger charge is 2.35. The molecule has 4 nitrogen and oxygen atoms in total. The molecule has 1 heterocycles. The highest BCUT2D eigenvalue weighted by atomic mass is 35.5. The van der Waals surface area contributed by atoms with Crippen molar-refractivity contribution in [1.82, 2.24) is 10.2 Å². The normalized spacial score (nSPS) is 32.1. The predicted molar refractivity (Wildman–Crippen MR) is 55.4 cm³/mol. The third-order valence-corrected chi connectivity index (χ3v) is 3.04. The summed E-state index contributed by atoms with van der Waals surface area (Å²) in [6, 6.07) is 0.409. The highest BCUT2D eigenvalue weighted by Crippen LogP contribution is 2.31. The van der Waals surface area contributed by atoms with Gasteiger partial charge in [0.05, 0.1) is 6.54 Å². The maximum atomic E-state index is 11.4. The molecule has 0 unspecified atom stereocenters. The average molecular weight is 221 g/mol. The Labute approximate surface area is 90.1 Å². The minimum Gasteiger partial charge on any atom is -0.396 e. The van der Waals surface area contributed by atoms with Crippen LogP contribution in [0, 0.1) is 5.92 Å². The fourth-order valence-electron chi connectivity index (χ4n) is 2.11. The second-order valence-corrected chi connectivity index (χ2v) is 3.94. The smallest absolute Gasteiger partial charge is 0.236 e. The van der Waals surface area contributed by atoms with Gasteiger partial charge in [-0.1, -0.05) is 0 Å². The minimum absolute atomic E-state index is 0. The molecule has 1 aliphatic heterocycles. The van der Waals surface area contributed by atoms with Crippen molar-refractivity contribution in [2.75, 3.05) is 26.2 Å². The van der Waals surface area contributed by atoms with Crippen molar-refractivity contribution in [3.05, 3.63) is 0 Å². The fraction of sp³-hybridized carbons (Fsp3) is 0.889. The summed E-state index contributed by atoms with van der Waals surface area (Å²) < 4.78 is 0. The van der Waals surface area contributed by atoms with E-state index in [9.17, 15) is 4.79 Å². The summed E-state index contributed by atoms with van der Waals surface area (Å²) in [6.45, 7) is 2.50. The third kappa shape index (κ3) is 2.19. The molecule has 0 aromatic rings. The Hall–Kier alpha value is -0.320. The summed E-state index contributed by atoms with van der Waals surface area (Å²) in [4.78, 5) is 13.4. The Morgan fingerprint density at radius 2 is 2.21 bits per heavy atom. The first-order valence-corrected chi connectivity index (χ1v) is 4.92. The number of rotatable bonds is 2. The maximum Gasteiger partial charge on any atom is 0.236 e. The number of nitrogens with zero attached hydrogens (tertiary/aromatic N) is 1. The number of amides is 1. The number of piperazine rings is 1.